The number of fused-ring (bicyclic) bond motifs is 1. The second-order valence-corrected chi connectivity index (χ2v) is 7.84. The third kappa shape index (κ3) is 2.48. The first kappa shape index (κ1) is 15.8. The highest BCUT2D eigenvalue weighted by atomic mass is 79.9. The van der Waals surface area contributed by atoms with Crippen molar-refractivity contribution in [2.75, 3.05) is 11.9 Å². The maximum absolute atomic E-state index is 12.7. The predicted octanol–water partition coefficient (Wildman–Crippen LogP) is 2.13. The van der Waals surface area contributed by atoms with Crippen LogP contribution in [0.1, 0.15) is 37.2 Å². The van der Waals surface area contributed by atoms with Crippen molar-refractivity contribution in [3.63, 3.8) is 0 Å². The zero-order valence-corrected chi connectivity index (χ0v) is 14.6. The van der Waals surface area contributed by atoms with Crippen LogP contribution in [0.15, 0.2) is 16.7 Å². The Bertz CT molecular complexity index is 723. The van der Waals surface area contributed by atoms with Crippen LogP contribution in [-0.4, -0.2) is 45.6 Å². The summed E-state index contributed by atoms with van der Waals surface area (Å²) in [6.45, 7) is 0.410. The molecule has 2 saturated carbocycles. The Morgan fingerprint density at radius 3 is 2.79 bits per heavy atom. The number of halogens is 1. The van der Waals surface area contributed by atoms with Gasteiger partial charge >= 0.3 is 6.09 Å². The fourth-order valence-corrected chi connectivity index (χ4v) is 4.21. The number of piperidine rings is 1. The maximum atomic E-state index is 12.7. The number of pyridine rings is 1. The van der Waals surface area contributed by atoms with Gasteiger partial charge in [-0.05, 0) is 59.2 Å². The molecule has 4 rings (SSSR count). The topological polar surface area (TPSA) is 109 Å². The van der Waals surface area contributed by atoms with Crippen molar-refractivity contribution in [1.82, 2.24) is 9.88 Å². The van der Waals surface area contributed by atoms with E-state index in [-0.39, 0.29) is 17.4 Å². The summed E-state index contributed by atoms with van der Waals surface area (Å²) in [6, 6.07) is 3.00. The molecule has 2 amide bonds. The van der Waals surface area contributed by atoms with Gasteiger partial charge in [-0.25, -0.2) is 9.78 Å². The largest absolute Gasteiger partial charge is 0.465 e. The predicted molar refractivity (Wildman–Crippen MR) is 90.7 cm³/mol. The molecule has 3 atom stereocenters. The van der Waals surface area contributed by atoms with Crippen LogP contribution in [0.4, 0.5) is 10.6 Å². The zero-order valence-electron chi connectivity index (χ0n) is 13.0. The number of anilines is 1. The normalized spacial score (nSPS) is 30.8. The Morgan fingerprint density at radius 2 is 2.17 bits per heavy atom. The molecule has 0 bridgehead atoms. The molecule has 2 heterocycles. The van der Waals surface area contributed by atoms with Crippen LogP contribution in [0.2, 0.25) is 0 Å². The molecular formula is C16H19BrN4O3. The third-order valence-corrected chi connectivity index (χ3v) is 5.94. The van der Waals surface area contributed by atoms with Crippen LogP contribution in [0, 0.1) is 5.41 Å². The first-order chi connectivity index (χ1) is 11.4. The number of nitrogens with zero attached hydrogens (tertiary/aromatic N) is 2. The summed E-state index contributed by atoms with van der Waals surface area (Å²) in [7, 11) is 0. The van der Waals surface area contributed by atoms with Gasteiger partial charge in [-0.15, -0.1) is 0 Å². The molecule has 8 heteroatoms. The van der Waals surface area contributed by atoms with Crippen LogP contribution < -0.4 is 11.1 Å². The first-order valence-electron chi connectivity index (χ1n) is 8.14. The summed E-state index contributed by atoms with van der Waals surface area (Å²) in [5, 5.41) is 12.3. The number of nitrogens with one attached hydrogen (secondary N) is 1. The molecule has 4 N–H and O–H groups in total. The number of carboxylic acid groups (broad SMARTS) is 1. The smallest absolute Gasteiger partial charge is 0.408 e. The molecule has 7 nitrogen and oxygen atoms in total. The van der Waals surface area contributed by atoms with E-state index in [1.807, 2.05) is 12.1 Å². The van der Waals surface area contributed by atoms with Crippen LogP contribution in [0.5, 0.6) is 0 Å². The molecule has 128 valence electrons. The van der Waals surface area contributed by atoms with Gasteiger partial charge in [0.05, 0.1) is 0 Å². The standard InChI is InChI=1S/C16H19BrN4O3/c17-12-4-3-9(8-1-2-8)13(19-12)20-14(22)10-5-16(7-18)6-11(16)21(10)15(23)24/h3-4,8,10-11H,1-2,5-7,18H2,(H,23,24)(H,19,20,22). The Kier molecular flexibility index (Phi) is 3.58. The minimum atomic E-state index is -1.06. The molecule has 24 heavy (non-hydrogen) atoms. The highest BCUT2D eigenvalue weighted by Gasteiger charge is 2.66. The molecule has 0 spiro atoms. The van der Waals surface area contributed by atoms with E-state index in [0.29, 0.717) is 29.3 Å². The van der Waals surface area contributed by atoms with E-state index in [1.165, 1.54) is 4.90 Å². The van der Waals surface area contributed by atoms with E-state index in [4.69, 9.17) is 5.73 Å². The number of amides is 2. The number of nitrogens with two attached hydrogens (primary N) is 1. The van der Waals surface area contributed by atoms with Crippen molar-refractivity contribution in [3.8, 4) is 0 Å². The van der Waals surface area contributed by atoms with E-state index in [1.54, 1.807) is 0 Å². The van der Waals surface area contributed by atoms with Gasteiger partial charge in [0.15, 0.2) is 0 Å². The summed E-state index contributed by atoms with van der Waals surface area (Å²) < 4.78 is 0.644. The molecule has 0 radical (unpaired) electrons. The molecule has 1 saturated heterocycles. The molecule has 2 aliphatic carbocycles. The fourth-order valence-electron chi connectivity index (χ4n) is 3.90. The molecule has 3 fully saturated rings. The van der Waals surface area contributed by atoms with Crippen LogP contribution in [0.25, 0.3) is 0 Å². The monoisotopic (exact) mass is 394 g/mol. The number of hydrogen-bond acceptors (Lipinski definition) is 4. The van der Waals surface area contributed by atoms with Crippen molar-refractivity contribution >= 4 is 33.7 Å². The number of aromatic nitrogens is 1. The van der Waals surface area contributed by atoms with Crippen LogP contribution in [-0.2, 0) is 4.79 Å². The summed E-state index contributed by atoms with van der Waals surface area (Å²) in [4.78, 5) is 30.0. The zero-order chi connectivity index (χ0) is 17.1. The SMILES string of the molecule is NCC12CC(C(=O)Nc3nc(Br)ccc3C3CC3)N(C(=O)O)C1C2. The lowest BCUT2D eigenvalue weighted by atomic mass is 9.99. The summed E-state index contributed by atoms with van der Waals surface area (Å²) >= 11 is 3.33. The number of rotatable bonds is 4. The average Bonchev–Trinajstić information content (AvgIpc) is 3.45. The maximum Gasteiger partial charge on any atom is 0.408 e. The second kappa shape index (κ2) is 5.42. The van der Waals surface area contributed by atoms with E-state index in [0.717, 1.165) is 24.8 Å². The lowest BCUT2D eigenvalue weighted by Crippen LogP contribution is -2.45. The quantitative estimate of drug-likeness (QED) is 0.677. The van der Waals surface area contributed by atoms with Crippen molar-refractivity contribution < 1.29 is 14.7 Å². The molecule has 1 aromatic heterocycles. The van der Waals surface area contributed by atoms with Gasteiger partial charge in [-0.1, -0.05) is 6.07 Å². The third-order valence-electron chi connectivity index (χ3n) is 5.50. The van der Waals surface area contributed by atoms with E-state index < -0.39 is 12.1 Å². The van der Waals surface area contributed by atoms with Gasteiger partial charge < -0.3 is 16.2 Å². The van der Waals surface area contributed by atoms with Gasteiger partial charge in [0.1, 0.15) is 16.5 Å². The Balaban J connectivity index is 1.56. The van der Waals surface area contributed by atoms with Gasteiger partial charge in [-0.3, -0.25) is 9.69 Å². The molecular weight excluding hydrogens is 376 g/mol. The lowest BCUT2D eigenvalue weighted by molar-refractivity contribution is -0.120. The Morgan fingerprint density at radius 1 is 1.42 bits per heavy atom. The van der Waals surface area contributed by atoms with E-state index in [2.05, 4.69) is 26.2 Å². The molecule has 1 aliphatic heterocycles. The molecule has 3 unspecified atom stereocenters. The number of hydrogen-bond donors (Lipinski definition) is 3. The van der Waals surface area contributed by atoms with Gasteiger partial charge in [0, 0.05) is 18.0 Å². The van der Waals surface area contributed by atoms with Crippen molar-refractivity contribution in [2.45, 2.75) is 43.7 Å². The Hall–Kier alpha value is -1.67. The minimum Gasteiger partial charge on any atom is -0.465 e. The highest BCUT2D eigenvalue weighted by molar-refractivity contribution is 9.10. The van der Waals surface area contributed by atoms with Crippen molar-refractivity contribution in [3.05, 3.63) is 22.3 Å². The lowest BCUT2D eigenvalue weighted by Gasteiger charge is -2.24. The Labute approximate surface area is 147 Å². The average molecular weight is 395 g/mol. The van der Waals surface area contributed by atoms with Crippen LogP contribution in [0.3, 0.4) is 0 Å². The van der Waals surface area contributed by atoms with Gasteiger partial charge in [0.25, 0.3) is 0 Å². The highest BCUT2D eigenvalue weighted by Crippen LogP contribution is 2.58. The first-order valence-corrected chi connectivity index (χ1v) is 8.93. The second-order valence-electron chi connectivity index (χ2n) is 7.03. The van der Waals surface area contributed by atoms with Crippen molar-refractivity contribution in [1.29, 1.82) is 0 Å². The summed E-state index contributed by atoms with van der Waals surface area (Å²) in [5.74, 6) is 0.651. The van der Waals surface area contributed by atoms with Gasteiger partial charge in [0.2, 0.25) is 5.91 Å². The fraction of sp³-hybridized carbons (Fsp3) is 0.562. The summed E-state index contributed by atoms with van der Waals surface area (Å²) in [6.07, 6.45) is 2.36. The summed E-state index contributed by atoms with van der Waals surface area (Å²) in [5.41, 5.74) is 6.61. The van der Waals surface area contributed by atoms with E-state index in [9.17, 15) is 14.7 Å². The van der Waals surface area contributed by atoms with Crippen LogP contribution >= 0.6 is 15.9 Å². The number of carbonyl (C=O) groups is 2. The minimum absolute atomic E-state index is 0.130. The molecule has 1 aromatic rings. The molecule has 0 aromatic carbocycles. The number of likely N-dealkylation sites (tertiary alicyclic amines) is 1. The van der Waals surface area contributed by atoms with Gasteiger partial charge in [-0.2, -0.15) is 0 Å². The van der Waals surface area contributed by atoms with Crippen molar-refractivity contribution in [2.24, 2.45) is 11.1 Å². The number of carbonyl (C=O) groups excluding carboxylic acids is 1. The van der Waals surface area contributed by atoms with E-state index >= 15 is 0 Å². The molecule has 3 aliphatic rings.